The molecule has 0 amide bonds. The van der Waals surface area contributed by atoms with Gasteiger partial charge in [0, 0.05) is 12.3 Å². The van der Waals surface area contributed by atoms with Crippen LogP contribution in [0.4, 0.5) is 22.0 Å². The first-order valence-corrected chi connectivity index (χ1v) is 6.73. The Morgan fingerprint density at radius 3 is 2.13 bits per heavy atom. The molecule has 1 aromatic heterocycles. The number of pyridine rings is 1. The molecule has 2 nitrogen and oxygen atoms in total. The molecule has 2 rings (SSSR count). The smallest absolute Gasteiger partial charge is 0.433 e. The lowest BCUT2D eigenvalue weighted by atomic mass is 10.2. The van der Waals surface area contributed by atoms with E-state index in [9.17, 15) is 22.0 Å². The second-order valence-corrected chi connectivity index (χ2v) is 4.68. The zero-order chi connectivity index (χ0) is 17.6. The van der Waals surface area contributed by atoms with E-state index in [1.807, 2.05) is 0 Å². The normalized spacial score (nSPS) is 10.8. The largest absolute Gasteiger partial charge is 0.493 e. The Bertz CT molecular complexity index is 638. The predicted octanol–water partition coefficient (Wildman–Crippen LogP) is 5.08. The minimum atomic E-state index is -4.33. The standard InChI is InChI=1S/C9H10F2O.C7H6F3N/c1-3-12-9-5-8(11)7(10)4-6(9)2;1-5-2-3-6(11-4-5)7(8,9)10/h4-5H,3H2,1-2H3;2-4H,1H3. The second kappa shape index (κ2) is 7.89. The Balaban J connectivity index is 0.000000231. The topological polar surface area (TPSA) is 22.1 Å². The Morgan fingerprint density at radius 1 is 1.04 bits per heavy atom. The molecule has 1 aromatic carbocycles. The molecular formula is C16H16F5NO. The molecule has 0 fully saturated rings. The van der Waals surface area contributed by atoms with Crippen LogP contribution in [0.1, 0.15) is 23.7 Å². The molecule has 23 heavy (non-hydrogen) atoms. The van der Waals surface area contributed by atoms with Crippen molar-refractivity contribution >= 4 is 0 Å². The molecule has 0 unspecified atom stereocenters. The van der Waals surface area contributed by atoms with Gasteiger partial charge in [-0.3, -0.25) is 4.98 Å². The summed E-state index contributed by atoms with van der Waals surface area (Å²) in [5.41, 5.74) is 0.483. The first-order chi connectivity index (χ1) is 10.6. The summed E-state index contributed by atoms with van der Waals surface area (Å²) in [5.74, 6) is -1.31. The number of aromatic nitrogens is 1. The third-order valence-electron chi connectivity index (χ3n) is 2.72. The Kier molecular flexibility index (Phi) is 6.48. The molecule has 0 saturated heterocycles. The highest BCUT2D eigenvalue weighted by atomic mass is 19.4. The van der Waals surface area contributed by atoms with E-state index in [1.165, 1.54) is 12.3 Å². The van der Waals surface area contributed by atoms with E-state index >= 15 is 0 Å². The van der Waals surface area contributed by atoms with Gasteiger partial charge in [0.05, 0.1) is 6.61 Å². The van der Waals surface area contributed by atoms with E-state index < -0.39 is 23.5 Å². The monoisotopic (exact) mass is 333 g/mol. The minimum Gasteiger partial charge on any atom is -0.493 e. The van der Waals surface area contributed by atoms with Crippen molar-refractivity contribution in [3.63, 3.8) is 0 Å². The first-order valence-electron chi connectivity index (χ1n) is 6.73. The van der Waals surface area contributed by atoms with E-state index in [0.717, 1.165) is 23.8 Å². The molecule has 0 aliphatic carbocycles. The van der Waals surface area contributed by atoms with Crippen LogP contribution in [-0.4, -0.2) is 11.6 Å². The lowest BCUT2D eigenvalue weighted by molar-refractivity contribution is -0.141. The first kappa shape index (κ1) is 18.9. The van der Waals surface area contributed by atoms with Gasteiger partial charge < -0.3 is 4.74 Å². The molecule has 0 N–H and O–H groups in total. The summed E-state index contributed by atoms with van der Waals surface area (Å²) >= 11 is 0. The van der Waals surface area contributed by atoms with Crippen molar-refractivity contribution in [2.24, 2.45) is 0 Å². The molecule has 0 atom stereocenters. The number of rotatable bonds is 2. The Labute approximate surface area is 130 Å². The fourth-order valence-corrected chi connectivity index (χ4v) is 1.57. The van der Waals surface area contributed by atoms with Crippen molar-refractivity contribution in [1.29, 1.82) is 0 Å². The summed E-state index contributed by atoms with van der Waals surface area (Å²) in [6, 6.07) is 4.54. The van der Waals surface area contributed by atoms with Gasteiger partial charge >= 0.3 is 6.18 Å². The number of alkyl halides is 3. The Morgan fingerprint density at radius 2 is 1.65 bits per heavy atom. The van der Waals surface area contributed by atoms with Crippen LogP contribution in [0.15, 0.2) is 30.5 Å². The quantitative estimate of drug-likeness (QED) is 0.715. The highest BCUT2D eigenvalue weighted by Crippen LogP contribution is 2.26. The average molecular weight is 333 g/mol. The summed E-state index contributed by atoms with van der Waals surface area (Å²) in [6.07, 6.45) is -3.13. The molecule has 0 radical (unpaired) electrons. The van der Waals surface area contributed by atoms with E-state index in [1.54, 1.807) is 20.8 Å². The minimum absolute atomic E-state index is 0.399. The molecule has 2 aromatic rings. The van der Waals surface area contributed by atoms with Gasteiger partial charge in [0.25, 0.3) is 0 Å². The van der Waals surface area contributed by atoms with Crippen molar-refractivity contribution in [1.82, 2.24) is 4.98 Å². The van der Waals surface area contributed by atoms with Crippen LogP contribution in [0.25, 0.3) is 0 Å². The maximum atomic E-state index is 12.6. The lowest BCUT2D eigenvalue weighted by Gasteiger charge is -2.06. The van der Waals surface area contributed by atoms with Gasteiger partial charge in [-0.05, 0) is 44.0 Å². The van der Waals surface area contributed by atoms with Crippen molar-refractivity contribution in [3.8, 4) is 5.75 Å². The summed E-state index contributed by atoms with van der Waals surface area (Å²) in [7, 11) is 0. The van der Waals surface area contributed by atoms with Crippen LogP contribution < -0.4 is 4.74 Å². The highest BCUT2D eigenvalue weighted by Gasteiger charge is 2.31. The third-order valence-corrected chi connectivity index (χ3v) is 2.72. The number of aryl methyl sites for hydroxylation is 2. The van der Waals surface area contributed by atoms with Crippen LogP contribution in [0, 0.1) is 25.5 Å². The van der Waals surface area contributed by atoms with Crippen LogP contribution in [0.5, 0.6) is 5.75 Å². The van der Waals surface area contributed by atoms with E-state index in [-0.39, 0.29) is 0 Å². The molecule has 0 saturated carbocycles. The van der Waals surface area contributed by atoms with Crippen LogP contribution in [0.3, 0.4) is 0 Å². The number of nitrogens with zero attached hydrogens (tertiary/aromatic N) is 1. The molecule has 0 aliphatic rings. The number of halogens is 5. The molecule has 0 aliphatic heterocycles. The van der Waals surface area contributed by atoms with Crippen LogP contribution in [0.2, 0.25) is 0 Å². The molecule has 126 valence electrons. The van der Waals surface area contributed by atoms with Gasteiger partial charge in [0.15, 0.2) is 11.6 Å². The van der Waals surface area contributed by atoms with Gasteiger partial charge in [-0.2, -0.15) is 13.2 Å². The molecule has 7 heteroatoms. The summed E-state index contributed by atoms with van der Waals surface area (Å²) < 4.78 is 65.8. The summed E-state index contributed by atoms with van der Waals surface area (Å²) in [5, 5.41) is 0. The number of ether oxygens (including phenoxy) is 1. The molecular weight excluding hydrogens is 317 g/mol. The zero-order valence-corrected chi connectivity index (χ0v) is 12.8. The van der Waals surface area contributed by atoms with Crippen molar-refractivity contribution in [3.05, 3.63) is 58.9 Å². The maximum absolute atomic E-state index is 12.6. The van der Waals surface area contributed by atoms with E-state index in [0.29, 0.717) is 17.9 Å². The SMILES string of the molecule is CCOc1cc(F)c(F)cc1C.Cc1ccc(C(F)(F)F)nc1. The maximum Gasteiger partial charge on any atom is 0.433 e. The fraction of sp³-hybridized carbons (Fsp3) is 0.312. The number of hydrogen-bond acceptors (Lipinski definition) is 2. The lowest BCUT2D eigenvalue weighted by Crippen LogP contribution is -2.07. The van der Waals surface area contributed by atoms with E-state index in [4.69, 9.17) is 4.74 Å². The molecule has 0 spiro atoms. The van der Waals surface area contributed by atoms with Gasteiger partial charge in [-0.1, -0.05) is 6.07 Å². The fourth-order valence-electron chi connectivity index (χ4n) is 1.57. The zero-order valence-electron chi connectivity index (χ0n) is 12.8. The van der Waals surface area contributed by atoms with Gasteiger partial charge in [0.2, 0.25) is 0 Å². The summed E-state index contributed by atoms with van der Waals surface area (Å²) in [6.45, 7) is 5.60. The van der Waals surface area contributed by atoms with Gasteiger partial charge in [0.1, 0.15) is 11.4 Å². The van der Waals surface area contributed by atoms with E-state index in [2.05, 4.69) is 4.98 Å². The van der Waals surface area contributed by atoms with Crippen molar-refractivity contribution in [2.75, 3.05) is 6.61 Å². The third kappa shape index (κ3) is 5.84. The Hall–Kier alpha value is -2.18. The van der Waals surface area contributed by atoms with Gasteiger partial charge in [-0.15, -0.1) is 0 Å². The number of hydrogen-bond donors (Lipinski definition) is 0. The van der Waals surface area contributed by atoms with Crippen molar-refractivity contribution < 1.29 is 26.7 Å². The molecule has 1 heterocycles. The highest BCUT2D eigenvalue weighted by molar-refractivity contribution is 5.33. The van der Waals surface area contributed by atoms with Crippen LogP contribution in [-0.2, 0) is 6.18 Å². The average Bonchev–Trinajstić information content (AvgIpc) is 2.45. The van der Waals surface area contributed by atoms with Gasteiger partial charge in [-0.25, -0.2) is 8.78 Å². The van der Waals surface area contributed by atoms with Crippen molar-refractivity contribution in [2.45, 2.75) is 26.9 Å². The number of benzene rings is 1. The molecule has 0 bridgehead atoms. The predicted molar refractivity (Wildman–Crippen MR) is 76.2 cm³/mol. The summed E-state index contributed by atoms with van der Waals surface area (Å²) in [4.78, 5) is 3.22. The van der Waals surface area contributed by atoms with Crippen LogP contribution >= 0.6 is 0 Å². The second-order valence-electron chi connectivity index (χ2n) is 4.68.